The fraction of sp³-hybridized carbons (Fsp3) is 0.0909. The second kappa shape index (κ2) is 6.96. The summed E-state index contributed by atoms with van der Waals surface area (Å²) in [4.78, 5) is 11.3. The van der Waals surface area contributed by atoms with Gasteiger partial charge in [0, 0.05) is 28.4 Å². The van der Waals surface area contributed by atoms with Gasteiger partial charge in [-0.15, -0.1) is 0 Å². The highest BCUT2D eigenvalue weighted by Gasteiger charge is 2.10. The summed E-state index contributed by atoms with van der Waals surface area (Å²) in [6.45, 7) is 3.05. The van der Waals surface area contributed by atoms with Crippen LogP contribution in [0.5, 0.6) is 0 Å². The number of nitrogens with one attached hydrogen (secondary N) is 1. The molecule has 0 atom stereocenters. The molecule has 0 saturated heterocycles. The summed E-state index contributed by atoms with van der Waals surface area (Å²) in [5, 5.41) is 15.9. The number of aromatic carboxylic acids is 1. The minimum atomic E-state index is -0.984. The van der Waals surface area contributed by atoms with Gasteiger partial charge in [-0.2, -0.15) is 5.10 Å². The number of benzene rings is 3. The zero-order valence-corrected chi connectivity index (χ0v) is 14.9. The maximum absolute atomic E-state index is 11.3. The van der Waals surface area contributed by atoms with Gasteiger partial charge in [0.05, 0.1) is 17.5 Å². The topological polar surface area (TPSA) is 66.6 Å². The number of carboxylic acids is 1. The lowest BCUT2D eigenvalue weighted by atomic mass is 10.1. The van der Waals surface area contributed by atoms with Crippen molar-refractivity contribution in [3.63, 3.8) is 0 Å². The fourth-order valence-electron chi connectivity index (χ4n) is 3.44. The number of rotatable bonds is 5. The smallest absolute Gasteiger partial charge is 0.337 e. The number of nitrogens with zero attached hydrogens (tertiary/aromatic N) is 2. The second-order valence-electron chi connectivity index (χ2n) is 6.26. The number of anilines is 1. The van der Waals surface area contributed by atoms with Gasteiger partial charge in [-0.1, -0.05) is 36.4 Å². The molecule has 0 spiro atoms. The molecule has 4 aromatic rings. The van der Waals surface area contributed by atoms with Crippen molar-refractivity contribution in [3.8, 4) is 0 Å². The molecule has 1 heterocycles. The Labute approximate surface area is 156 Å². The number of para-hydroxylation sites is 2. The van der Waals surface area contributed by atoms with Gasteiger partial charge in [0.1, 0.15) is 0 Å². The third kappa shape index (κ3) is 3.04. The molecule has 2 N–H and O–H groups in total. The quantitative estimate of drug-likeness (QED) is 0.392. The molecule has 0 saturated carbocycles. The van der Waals surface area contributed by atoms with E-state index in [0.717, 1.165) is 12.1 Å². The van der Waals surface area contributed by atoms with E-state index in [2.05, 4.69) is 52.3 Å². The van der Waals surface area contributed by atoms with Crippen LogP contribution in [0.1, 0.15) is 22.8 Å². The zero-order chi connectivity index (χ0) is 18.8. The second-order valence-corrected chi connectivity index (χ2v) is 6.26. The monoisotopic (exact) mass is 357 g/mol. The number of aryl methyl sites for hydroxylation is 1. The minimum absolute atomic E-state index is 0.191. The van der Waals surface area contributed by atoms with E-state index >= 15 is 0 Å². The van der Waals surface area contributed by atoms with E-state index < -0.39 is 5.97 Å². The van der Waals surface area contributed by atoms with Crippen molar-refractivity contribution in [2.45, 2.75) is 13.5 Å². The van der Waals surface area contributed by atoms with Crippen LogP contribution in [0.2, 0.25) is 0 Å². The van der Waals surface area contributed by atoms with Gasteiger partial charge in [0.15, 0.2) is 0 Å². The Morgan fingerprint density at radius 3 is 2.59 bits per heavy atom. The number of hydrogen-bond donors (Lipinski definition) is 2. The molecule has 1 aromatic heterocycles. The summed E-state index contributed by atoms with van der Waals surface area (Å²) >= 11 is 0. The lowest BCUT2D eigenvalue weighted by Crippen LogP contribution is -2.02. The van der Waals surface area contributed by atoms with Gasteiger partial charge in [-0.05, 0) is 42.8 Å². The lowest BCUT2D eigenvalue weighted by Gasteiger charge is -2.04. The van der Waals surface area contributed by atoms with Crippen molar-refractivity contribution in [1.29, 1.82) is 0 Å². The Morgan fingerprint density at radius 2 is 1.78 bits per heavy atom. The highest BCUT2D eigenvalue weighted by atomic mass is 16.4. The first-order valence-corrected chi connectivity index (χ1v) is 8.81. The number of carbonyl (C=O) groups is 1. The summed E-state index contributed by atoms with van der Waals surface area (Å²) < 4.78 is 2.30. The van der Waals surface area contributed by atoms with Crippen LogP contribution in [0, 0.1) is 0 Å². The van der Waals surface area contributed by atoms with E-state index in [9.17, 15) is 9.90 Å². The summed E-state index contributed by atoms with van der Waals surface area (Å²) in [5.41, 5.74) is 6.84. The van der Waals surface area contributed by atoms with Crippen molar-refractivity contribution in [3.05, 3.63) is 77.9 Å². The fourth-order valence-corrected chi connectivity index (χ4v) is 3.44. The Bertz CT molecular complexity index is 1170. The van der Waals surface area contributed by atoms with Crippen molar-refractivity contribution in [1.82, 2.24) is 4.57 Å². The van der Waals surface area contributed by atoms with Gasteiger partial charge < -0.3 is 9.67 Å². The van der Waals surface area contributed by atoms with Crippen LogP contribution in [-0.4, -0.2) is 21.9 Å². The van der Waals surface area contributed by atoms with E-state index in [1.807, 2.05) is 12.1 Å². The number of aromatic nitrogens is 1. The molecule has 0 amide bonds. The van der Waals surface area contributed by atoms with Crippen LogP contribution in [-0.2, 0) is 6.54 Å². The molecular weight excluding hydrogens is 338 g/mol. The zero-order valence-electron chi connectivity index (χ0n) is 14.9. The average molecular weight is 357 g/mol. The first-order chi connectivity index (χ1) is 13.2. The SMILES string of the molecule is CCn1c2ccccc2c2cc(C=NNc3ccccc3C(=O)O)ccc21. The van der Waals surface area contributed by atoms with Gasteiger partial charge in [-0.3, -0.25) is 5.43 Å². The molecule has 0 bridgehead atoms. The molecule has 134 valence electrons. The maximum atomic E-state index is 11.3. The Kier molecular flexibility index (Phi) is 4.34. The molecule has 5 heteroatoms. The maximum Gasteiger partial charge on any atom is 0.337 e. The predicted molar refractivity (Wildman–Crippen MR) is 110 cm³/mol. The van der Waals surface area contributed by atoms with Crippen LogP contribution in [0.4, 0.5) is 5.69 Å². The molecule has 27 heavy (non-hydrogen) atoms. The van der Waals surface area contributed by atoms with E-state index in [0.29, 0.717) is 5.69 Å². The molecule has 0 unspecified atom stereocenters. The van der Waals surface area contributed by atoms with Crippen LogP contribution in [0.15, 0.2) is 71.8 Å². The molecule has 3 aromatic carbocycles. The molecule has 0 aliphatic rings. The molecule has 0 aliphatic carbocycles. The molecular formula is C22H19N3O2. The molecule has 0 fully saturated rings. The van der Waals surface area contributed by atoms with Crippen LogP contribution in [0.3, 0.4) is 0 Å². The highest BCUT2D eigenvalue weighted by Crippen LogP contribution is 2.29. The third-order valence-corrected chi connectivity index (χ3v) is 4.67. The number of hydrogen-bond acceptors (Lipinski definition) is 3. The number of carboxylic acid groups (broad SMARTS) is 1. The minimum Gasteiger partial charge on any atom is -0.478 e. The summed E-state index contributed by atoms with van der Waals surface area (Å²) in [6.07, 6.45) is 1.70. The first-order valence-electron chi connectivity index (χ1n) is 8.81. The lowest BCUT2D eigenvalue weighted by molar-refractivity contribution is 0.0698. The average Bonchev–Trinajstić information content (AvgIpc) is 3.01. The van der Waals surface area contributed by atoms with E-state index in [4.69, 9.17) is 0 Å². The van der Waals surface area contributed by atoms with E-state index in [-0.39, 0.29) is 5.56 Å². The van der Waals surface area contributed by atoms with Crippen molar-refractivity contribution in [2.24, 2.45) is 5.10 Å². The van der Waals surface area contributed by atoms with E-state index in [1.54, 1.807) is 30.5 Å². The van der Waals surface area contributed by atoms with Crippen LogP contribution in [0.25, 0.3) is 21.8 Å². The van der Waals surface area contributed by atoms with Crippen LogP contribution < -0.4 is 5.43 Å². The number of fused-ring (bicyclic) bond motifs is 3. The largest absolute Gasteiger partial charge is 0.478 e. The Morgan fingerprint density at radius 1 is 1.04 bits per heavy atom. The molecule has 0 aliphatic heterocycles. The van der Waals surface area contributed by atoms with Crippen molar-refractivity contribution < 1.29 is 9.90 Å². The Balaban J connectivity index is 1.68. The molecule has 5 nitrogen and oxygen atoms in total. The number of hydrazone groups is 1. The summed E-state index contributed by atoms with van der Waals surface area (Å²) in [5.74, 6) is -0.984. The highest BCUT2D eigenvalue weighted by molar-refractivity contribution is 6.09. The van der Waals surface area contributed by atoms with Gasteiger partial charge in [0.25, 0.3) is 0 Å². The normalized spacial score (nSPS) is 11.4. The predicted octanol–water partition coefficient (Wildman–Crippen LogP) is 4.96. The van der Waals surface area contributed by atoms with Gasteiger partial charge >= 0.3 is 5.97 Å². The summed E-state index contributed by atoms with van der Waals surface area (Å²) in [7, 11) is 0. The molecule has 4 rings (SSSR count). The van der Waals surface area contributed by atoms with E-state index in [1.165, 1.54) is 21.8 Å². The van der Waals surface area contributed by atoms with Crippen molar-refractivity contribution >= 4 is 39.7 Å². The summed E-state index contributed by atoms with van der Waals surface area (Å²) in [6, 6.07) is 21.3. The van der Waals surface area contributed by atoms with Gasteiger partial charge in [-0.25, -0.2) is 4.79 Å². The van der Waals surface area contributed by atoms with Crippen molar-refractivity contribution in [2.75, 3.05) is 5.43 Å². The third-order valence-electron chi connectivity index (χ3n) is 4.67. The van der Waals surface area contributed by atoms with Gasteiger partial charge in [0.2, 0.25) is 0 Å². The molecule has 0 radical (unpaired) electrons. The van der Waals surface area contributed by atoms with Crippen LogP contribution >= 0.6 is 0 Å². The Hall–Kier alpha value is -3.60. The standard InChI is InChI=1S/C22H19N3O2/c1-2-25-20-10-6-4-7-16(20)18-13-15(11-12-21(18)25)14-23-24-19-9-5-3-8-17(19)22(26)27/h3-14,24H,2H2,1H3,(H,26,27). The first kappa shape index (κ1) is 16.8.